The average Bonchev–Trinajstić information content (AvgIpc) is 3.80. The zero-order chi connectivity index (χ0) is 47.6. The highest BCUT2D eigenvalue weighted by atomic mass is 32.2. The van der Waals surface area contributed by atoms with Crippen molar-refractivity contribution in [1.82, 2.24) is 10.2 Å². The van der Waals surface area contributed by atoms with Gasteiger partial charge in [0.15, 0.2) is 0 Å². The summed E-state index contributed by atoms with van der Waals surface area (Å²) in [5, 5.41) is 1.35. The molecule has 8 rings (SSSR count). The van der Waals surface area contributed by atoms with E-state index < -0.39 is 5.25 Å². The van der Waals surface area contributed by atoms with Gasteiger partial charge < -0.3 is 4.74 Å². The topological polar surface area (TPSA) is 110 Å². The van der Waals surface area contributed by atoms with Gasteiger partial charge >= 0.3 is 5.91 Å². The molecule has 2 heterocycles. The Hall–Kier alpha value is -6.53. The third-order valence-corrected chi connectivity index (χ3v) is 14.5. The quantitative estimate of drug-likeness (QED) is 0.0486. The Morgan fingerprint density at radius 2 is 1.31 bits per heavy atom. The van der Waals surface area contributed by atoms with E-state index in [9.17, 15) is 24.0 Å². The van der Waals surface area contributed by atoms with Crippen molar-refractivity contribution in [2.24, 2.45) is 0 Å². The van der Waals surface area contributed by atoms with Crippen LogP contribution in [0.5, 0.6) is 5.75 Å². The van der Waals surface area contributed by atoms with Crippen LogP contribution in [0, 0.1) is 0 Å². The maximum atomic E-state index is 15.0. The van der Waals surface area contributed by atoms with Crippen LogP contribution in [0.1, 0.15) is 73.3 Å². The summed E-state index contributed by atoms with van der Waals surface area (Å²) in [5.41, 5.74) is 10.8. The van der Waals surface area contributed by atoms with E-state index in [4.69, 9.17) is 4.74 Å². The standard InChI is InChI=1S/C57H55N3O6S2/c1-4-5-6-7-14-19-53(61)60(3,36-42-30-47(43-17-12-9-13-18-43)35-48(31-42)45-26-22-39(23-27-45)32-51-54(62)58-56(64)67-51)37-49-34-46(28-29-50(49)66-38-41-15-10-8-11-16-41)44-24-20-40(21-25-44)33-52-55(63)59(2)57(65)68-52/h8-13,15-18,20-31,33-35,51H,4-7,14,19,32,36-38H2,1-3H3/p+1. The van der Waals surface area contributed by atoms with Gasteiger partial charge in [-0.2, -0.15) is 0 Å². The van der Waals surface area contributed by atoms with Gasteiger partial charge in [0.25, 0.3) is 16.4 Å². The molecule has 0 saturated carbocycles. The van der Waals surface area contributed by atoms with E-state index in [1.807, 2.05) is 97.1 Å². The van der Waals surface area contributed by atoms with Crippen molar-refractivity contribution in [2.75, 3.05) is 14.1 Å². The summed E-state index contributed by atoms with van der Waals surface area (Å²) < 4.78 is 6.73. The van der Waals surface area contributed by atoms with Gasteiger partial charge in [0.2, 0.25) is 5.91 Å². The highest BCUT2D eigenvalue weighted by Gasteiger charge is 2.35. The van der Waals surface area contributed by atoms with Gasteiger partial charge in [-0.05, 0) is 111 Å². The molecule has 2 unspecified atom stereocenters. The molecule has 11 heteroatoms. The van der Waals surface area contributed by atoms with Gasteiger partial charge in [-0.3, -0.25) is 33.9 Å². The van der Waals surface area contributed by atoms with Gasteiger partial charge in [-0.1, -0.05) is 160 Å². The molecule has 2 aliphatic rings. The second-order valence-electron chi connectivity index (χ2n) is 17.8. The number of quaternary nitrogens is 1. The van der Waals surface area contributed by atoms with Crippen LogP contribution >= 0.6 is 23.5 Å². The van der Waals surface area contributed by atoms with Crippen LogP contribution in [0.25, 0.3) is 39.5 Å². The summed E-state index contributed by atoms with van der Waals surface area (Å²) in [6.45, 7) is 3.38. The Morgan fingerprint density at radius 3 is 1.96 bits per heavy atom. The molecule has 68 heavy (non-hydrogen) atoms. The Morgan fingerprint density at radius 1 is 0.676 bits per heavy atom. The number of rotatable bonds is 19. The predicted molar refractivity (Wildman–Crippen MR) is 274 cm³/mol. The number of nitrogens with one attached hydrogen (secondary N) is 1. The highest BCUT2D eigenvalue weighted by Crippen LogP contribution is 2.36. The lowest BCUT2D eigenvalue weighted by Gasteiger charge is -2.33. The number of nitrogens with zero attached hydrogens (tertiary/aromatic N) is 2. The number of benzene rings is 6. The minimum atomic E-state index is -0.445. The fraction of sp³-hybridized carbons (Fsp3) is 0.246. The molecule has 6 aromatic carbocycles. The zero-order valence-electron chi connectivity index (χ0n) is 38.7. The lowest BCUT2D eigenvalue weighted by Crippen LogP contribution is -2.47. The molecular weight excluding hydrogens is 887 g/mol. The molecule has 0 aliphatic carbocycles. The van der Waals surface area contributed by atoms with E-state index in [0.717, 1.165) is 122 Å². The Kier molecular flexibility index (Phi) is 15.6. The summed E-state index contributed by atoms with van der Waals surface area (Å²) in [6, 6.07) is 49.2. The Balaban J connectivity index is 1.15. The largest absolute Gasteiger partial charge is 0.488 e. The molecule has 0 spiro atoms. The summed E-state index contributed by atoms with van der Waals surface area (Å²) >= 11 is 1.97. The molecule has 2 aliphatic heterocycles. The molecular formula is C57H56N3O6S2+. The summed E-state index contributed by atoms with van der Waals surface area (Å²) in [6.07, 6.45) is 7.84. The van der Waals surface area contributed by atoms with Crippen molar-refractivity contribution in [3.63, 3.8) is 0 Å². The fourth-order valence-electron chi connectivity index (χ4n) is 8.71. The Bertz CT molecular complexity index is 2830. The van der Waals surface area contributed by atoms with Crippen LogP contribution in [0.15, 0.2) is 150 Å². The Labute approximate surface area is 407 Å². The third-order valence-electron chi connectivity index (χ3n) is 12.5. The summed E-state index contributed by atoms with van der Waals surface area (Å²) in [5.74, 6) is 0.309. The van der Waals surface area contributed by atoms with Crippen LogP contribution in [0.3, 0.4) is 0 Å². The van der Waals surface area contributed by atoms with Gasteiger partial charge in [0.05, 0.1) is 23.6 Å². The molecule has 2 fully saturated rings. The molecule has 0 radical (unpaired) electrons. The van der Waals surface area contributed by atoms with Crippen LogP contribution in [-0.4, -0.2) is 56.9 Å². The first-order valence-corrected chi connectivity index (χ1v) is 24.9. The second kappa shape index (κ2) is 22.1. The number of carbonyl (C=O) groups is 5. The van der Waals surface area contributed by atoms with Crippen LogP contribution < -0.4 is 10.1 Å². The maximum absolute atomic E-state index is 15.0. The number of carbonyl (C=O) groups excluding carboxylic acids is 5. The zero-order valence-corrected chi connectivity index (χ0v) is 40.4. The highest BCUT2D eigenvalue weighted by molar-refractivity contribution is 8.18. The minimum Gasteiger partial charge on any atom is -0.488 e. The number of likely N-dealkylation sites (N-methyl/N-ethyl adjacent to an activating group) is 1. The number of hydrogen-bond donors (Lipinski definition) is 1. The van der Waals surface area contributed by atoms with Crippen molar-refractivity contribution in [3.8, 4) is 39.1 Å². The van der Waals surface area contributed by atoms with E-state index >= 15 is 0 Å². The molecule has 0 bridgehead atoms. The van der Waals surface area contributed by atoms with Crippen LogP contribution in [-0.2, 0) is 40.5 Å². The van der Waals surface area contributed by atoms with Gasteiger partial charge in [-0.15, -0.1) is 0 Å². The summed E-state index contributed by atoms with van der Waals surface area (Å²) in [7, 11) is 3.55. The second-order valence-corrected chi connectivity index (χ2v) is 20.0. The first-order valence-electron chi connectivity index (χ1n) is 23.2. The van der Waals surface area contributed by atoms with E-state index in [2.05, 4.69) is 67.8 Å². The summed E-state index contributed by atoms with van der Waals surface area (Å²) in [4.78, 5) is 65.4. The van der Waals surface area contributed by atoms with E-state index in [1.165, 1.54) is 7.05 Å². The van der Waals surface area contributed by atoms with Crippen LogP contribution in [0.4, 0.5) is 9.59 Å². The third kappa shape index (κ3) is 11.9. The molecule has 346 valence electrons. The van der Waals surface area contributed by atoms with Crippen molar-refractivity contribution < 1.29 is 33.2 Å². The number of ether oxygens (including phenoxy) is 1. The molecule has 5 amide bonds. The van der Waals surface area contributed by atoms with Crippen molar-refractivity contribution in [1.29, 1.82) is 0 Å². The van der Waals surface area contributed by atoms with Gasteiger partial charge in [0.1, 0.15) is 25.4 Å². The minimum absolute atomic E-state index is 0.112. The maximum Gasteiger partial charge on any atom is 0.314 e. The normalized spacial score (nSPS) is 16.3. The van der Waals surface area contributed by atoms with E-state index in [1.54, 1.807) is 6.08 Å². The average molecular weight is 943 g/mol. The molecule has 0 aromatic heterocycles. The number of imide groups is 2. The lowest BCUT2D eigenvalue weighted by atomic mass is 9.94. The molecule has 1 N–H and O–H groups in total. The molecule has 2 saturated heterocycles. The first kappa shape index (κ1) is 47.9. The van der Waals surface area contributed by atoms with Crippen molar-refractivity contribution >= 4 is 57.8 Å². The predicted octanol–water partition coefficient (Wildman–Crippen LogP) is 12.9. The van der Waals surface area contributed by atoms with Gasteiger partial charge in [-0.25, -0.2) is 4.79 Å². The SMILES string of the molecule is CCCCCCCC(=O)[N+](C)(Cc1cc(-c2ccccc2)cc(-c2ccc(CC3SC(=O)NC3=O)cc2)c1)Cc1cc(-c2ccc(C=C3SC(=O)N(C)C3=O)cc2)ccc1OCc1ccccc1. The van der Waals surface area contributed by atoms with E-state index in [0.29, 0.717) is 43.2 Å². The number of amides is 5. The van der Waals surface area contributed by atoms with Gasteiger partial charge in [0, 0.05) is 18.2 Å². The first-order chi connectivity index (χ1) is 32.9. The van der Waals surface area contributed by atoms with Crippen molar-refractivity contribution in [2.45, 2.75) is 76.8 Å². The molecule has 6 aromatic rings. The van der Waals surface area contributed by atoms with Crippen LogP contribution in [0.2, 0.25) is 0 Å². The number of thioether (sulfide) groups is 2. The molecule has 2 atom stereocenters. The monoisotopic (exact) mass is 942 g/mol. The molecule has 9 nitrogen and oxygen atoms in total. The van der Waals surface area contributed by atoms with E-state index in [-0.39, 0.29) is 32.7 Å². The number of unbranched alkanes of at least 4 members (excludes halogenated alkanes) is 4. The van der Waals surface area contributed by atoms with Crippen molar-refractivity contribution in [3.05, 3.63) is 178 Å². The lowest BCUT2D eigenvalue weighted by molar-refractivity contribution is -0.862. The number of hydrogen-bond acceptors (Lipinski definition) is 8. The fourth-order valence-corrected chi connectivity index (χ4v) is 10.4. The smallest absolute Gasteiger partial charge is 0.314 e.